The molecule has 0 atom stereocenters. The lowest BCUT2D eigenvalue weighted by atomic mass is 9.64. The lowest BCUT2D eigenvalue weighted by Crippen LogP contribution is -2.36. The number of nitriles is 2. The summed E-state index contributed by atoms with van der Waals surface area (Å²) < 4.78 is 2.52. The number of anilines is 3. The molecule has 12 aromatic carbocycles. The van der Waals surface area contributed by atoms with E-state index in [4.69, 9.17) is 0 Å². The van der Waals surface area contributed by atoms with E-state index in [-0.39, 0.29) is 10.8 Å². The van der Waals surface area contributed by atoms with E-state index in [0.717, 1.165) is 50.5 Å². The summed E-state index contributed by atoms with van der Waals surface area (Å²) in [6.07, 6.45) is 0. The third kappa shape index (κ3) is 6.28. The first-order valence-corrected chi connectivity index (χ1v) is 28.8. The van der Waals surface area contributed by atoms with E-state index in [2.05, 4.69) is 280 Å². The largest absolute Gasteiger partial charge is 0.310 e. The predicted octanol–water partition coefficient (Wildman–Crippen LogP) is 19.8. The molecule has 1 aromatic heterocycles. The Balaban J connectivity index is 0.943. The van der Waals surface area contributed by atoms with Gasteiger partial charge in [0.2, 0.25) is 0 Å². The van der Waals surface area contributed by atoms with Crippen LogP contribution >= 0.6 is 0 Å². The first-order chi connectivity index (χ1) is 40.6. The molecule has 13 aromatic rings. The van der Waals surface area contributed by atoms with Crippen molar-refractivity contribution in [3.05, 3.63) is 298 Å². The van der Waals surface area contributed by atoms with Gasteiger partial charge in [0.1, 0.15) is 0 Å². The highest BCUT2D eigenvalue weighted by Crippen LogP contribution is 2.65. The fourth-order valence-corrected chi connectivity index (χ4v) is 15.5. The molecule has 3 aliphatic carbocycles. The van der Waals surface area contributed by atoms with Crippen molar-refractivity contribution in [3.63, 3.8) is 0 Å². The monoisotopic (exact) mass is 1060 g/mol. The molecule has 2 heterocycles. The fourth-order valence-electron chi connectivity index (χ4n) is 15.5. The Morgan fingerprint density at radius 1 is 0.313 bits per heavy atom. The van der Waals surface area contributed by atoms with Crippen molar-refractivity contribution in [1.82, 2.24) is 4.57 Å². The van der Waals surface area contributed by atoms with Crippen LogP contribution in [-0.2, 0) is 16.2 Å². The van der Waals surface area contributed by atoms with Crippen LogP contribution in [0.4, 0.5) is 17.1 Å². The van der Waals surface area contributed by atoms with E-state index in [0.29, 0.717) is 11.1 Å². The van der Waals surface area contributed by atoms with Crippen molar-refractivity contribution in [2.75, 3.05) is 4.90 Å². The Morgan fingerprint density at radius 2 is 0.759 bits per heavy atom. The van der Waals surface area contributed by atoms with Gasteiger partial charge in [-0.1, -0.05) is 173 Å². The van der Waals surface area contributed by atoms with Gasteiger partial charge in [-0.3, -0.25) is 0 Å². The van der Waals surface area contributed by atoms with Crippen LogP contribution in [0.25, 0.3) is 93.9 Å². The molecule has 0 bridgehead atoms. The molecule has 83 heavy (non-hydrogen) atoms. The van der Waals surface area contributed by atoms with Crippen LogP contribution in [0.1, 0.15) is 83.3 Å². The minimum Gasteiger partial charge on any atom is -0.310 e. The number of nitrogens with zero attached hydrogens (tertiary/aromatic N) is 4. The minimum absolute atomic E-state index is 0.277. The molecule has 0 saturated heterocycles. The summed E-state index contributed by atoms with van der Waals surface area (Å²) in [5.41, 5.74) is 28.9. The van der Waals surface area contributed by atoms with Crippen LogP contribution in [0.2, 0.25) is 0 Å². The van der Waals surface area contributed by atoms with E-state index in [1.54, 1.807) is 0 Å². The summed E-state index contributed by atoms with van der Waals surface area (Å²) in [6.45, 7) is 9.18. The fraction of sp³-hybridized carbons (Fsp3) is 0.0886. The molecule has 17 rings (SSSR count). The number of para-hydroxylation sites is 3. The maximum absolute atomic E-state index is 9.95. The minimum atomic E-state index is -0.731. The van der Waals surface area contributed by atoms with Crippen molar-refractivity contribution in [2.45, 2.75) is 43.9 Å². The van der Waals surface area contributed by atoms with Gasteiger partial charge >= 0.3 is 0 Å². The summed E-state index contributed by atoms with van der Waals surface area (Å²) in [5.74, 6) is 0. The SMILES string of the molecule is CC1(C)c2cc(C#N)ccc2-c2ccc(-c3ccc4c(c3)C3(c5cc6c7cc(-c8ccc9c(c8)C(C)(C)c8cc(C#N)ccc8-9)ccc7n(-c7cccc8ccccc78)c6cc5-4)c4ccccc4N(c4ccccc4)c4ccccc43)cc21. The van der Waals surface area contributed by atoms with Gasteiger partial charge in [-0.2, -0.15) is 10.5 Å². The van der Waals surface area contributed by atoms with Gasteiger partial charge in [-0.15, -0.1) is 0 Å². The molecular formula is C79H52N4. The molecule has 1 aliphatic heterocycles. The molecular weight excluding hydrogens is 1000 g/mol. The highest BCUT2D eigenvalue weighted by molar-refractivity contribution is 6.14. The van der Waals surface area contributed by atoms with Crippen molar-refractivity contribution in [1.29, 1.82) is 10.5 Å². The molecule has 388 valence electrons. The topological polar surface area (TPSA) is 55.8 Å². The van der Waals surface area contributed by atoms with Crippen LogP contribution in [0.5, 0.6) is 0 Å². The molecule has 1 spiro atoms. The molecule has 4 aliphatic rings. The molecule has 4 heteroatoms. The van der Waals surface area contributed by atoms with Crippen LogP contribution in [-0.4, -0.2) is 4.57 Å². The summed E-state index contributed by atoms with van der Waals surface area (Å²) in [7, 11) is 0. The lowest BCUT2D eigenvalue weighted by Gasteiger charge is -2.45. The molecule has 0 saturated carbocycles. The summed E-state index contributed by atoms with van der Waals surface area (Å²) in [5, 5.41) is 24.6. The Morgan fingerprint density at radius 3 is 1.36 bits per heavy atom. The van der Waals surface area contributed by atoms with E-state index >= 15 is 0 Å². The van der Waals surface area contributed by atoms with Crippen LogP contribution in [0.3, 0.4) is 0 Å². The standard InChI is InChI=1S/C79H52N4/c1-77(2)66-37-47(45-80)25-31-56(66)58-33-27-51(40-68(58)77)50-30-36-73-62(39-50)63-43-71-61(44-76(63)83(73)72-24-14-16-49-15-8-9-19-55(49)72)60-35-29-53(52-28-34-59-57-32-26-48(46-81)38-67(57)78(3,4)69(59)41-52)42-70(60)79(71)64-20-10-12-22-74(64)82(54-17-6-5-7-18-54)75-23-13-11-21-65(75)79/h5-44H,1-4H3. The third-order valence-electron chi connectivity index (χ3n) is 19.4. The van der Waals surface area contributed by atoms with Gasteiger partial charge in [0.05, 0.1) is 56.8 Å². The molecule has 0 N–H and O–H groups in total. The third-order valence-corrected chi connectivity index (χ3v) is 19.4. The van der Waals surface area contributed by atoms with Gasteiger partial charge < -0.3 is 9.47 Å². The second-order valence-corrected chi connectivity index (χ2v) is 24.2. The molecule has 0 amide bonds. The predicted molar refractivity (Wildman–Crippen MR) is 339 cm³/mol. The molecule has 4 nitrogen and oxygen atoms in total. The van der Waals surface area contributed by atoms with Gasteiger partial charge in [-0.05, 0) is 203 Å². The number of rotatable bonds is 4. The van der Waals surface area contributed by atoms with E-state index in [1.807, 2.05) is 12.1 Å². The maximum Gasteiger partial charge on any atom is 0.0991 e. The van der Waals surface area contributed by atoms with Gasteiger partial charge in [0.15, 0.2) is 0 Å². The van der Waals surface area contributed by atoms with E-state index in [1.165, 1.54) is 105 Å². The zero-order valence-corrected chi connectivity index (χ0v) is 46.4. The van der Waals surface area contributed by atoms with Crippen LogP contribution in [0, 0.1) is 22.7 Å². The Kier molecular flexibility index (Phi) is 9.56. The number of hydrogen-bond acceptors (Lipinski definition) is 3. The maximum atomic E-state index is 9.95. The number of aromatic nitrogens is 1. The zero-order valence-electron chi connectivity index (χ0n) is 46.4. The van der Waals surface area contributed by atoms with E-state index < -0.39 is 5.41 Å². The summed E-state index contributed by atoms with van der Waals surface area (Å²) in [6, 6.07) is 95.1. The normalized spacial score (nSPS) is 14.7. The smallest absolute Gasteiger partial charge is 0.0991 e. The van der Waals surface area contributed by atoms with Crippen LogP contribution in [0.15, 0.2) is 243 Å². The Labute approximate surface area is 482 Å². The van der Waals surface area contributed by atoms with E-state index in [9.17, 15) is 10.5 Å². The first kappa shape index (κ1) is 47.3. The van der Waals surface area contributed by atoms with Crippen LogP contribution < -0.4 is 4.90 Å². The van der Waals surface area contributed by atoms with Crippen molar-refractivity contribution in [3.8, 4) is 73.5 Å². The second-order valence-electron chi connectivity index (χ2n) is 24.2. The van der Waals surface area contributed by atoms with Crippen molar-refractivity contribution >= 4 is 49.6 Å². The molecule has 0 radical (unpaired) electrons. The Bertz CT molecular complexity index is 5080. The summed E-state index contributed by atoms with van der Waals surface area (Å²) >= 11 is 0. The quantitative estimate of drug-likeness (QED) is 0.176. The number of benzene rings is 12. The Hall–Kier alpha value is -10.5. The van der Waals surface area contributed by atoms with Gasteiger partial charge in [-0.25, -0.2) is 0 Å². The first-order valence-electron chi connectivity index (χ1n) is 28.8. The average molecular weight is 1060 g/mol. The zero-order chi connectivity index (χ0) is 55.7. The molecule has 0 unspecified atom stereocenters. The second kappa shape index (κ2) is 16.8. The highest BCUT2D eigenvalue weighted by Gasteiger charge is 2.52. The molecule has 0 fully saturated rings. The van der Waals surface area contributed by atoms with Gasteiger partial charge in [0, 0.05) is 32.7 Å². The van der Waals surface area contributed by atoms with Crippen molar-refractivity contribution in [2.24, 2.45) is 0 Å². The highest BCUT2D eigenvalue weighted by atomic mass is 15.2. The summed E-state index contributed by atoms with van der Waals surface area (Å²) in [4.78, 5) is 2.46. The number of fused-ring (bicyclic) bond motifs is 19. The van der Waals surface area contributed by atoms with Crippen molar-refractivity contribution < 1.29 is 0 Å². The number of hydrogen-bond donors (Lipinski definition) is 0. The average Bonchev–Trinajstić information content (AvgIpc) is 2.00. The van der Waals surface area contributed by atoms with Gasteiger partial charge in [0.25, 0.3) is 0 Å². The lowest BCUT2D eigenvalue weighted by molar-refractivity contribution is 0.660.